The largest absolute Gasteiger partial charge is 0.393 e. The van der Waals surface area contributed by atoms with Crippen molar-refractivity contribution in [1.29, 1.82) is 0 Å². The number of anilines is 2. The summed E-state index contributed by atoms with van der Waals surface area (Å²) in [5.74, 6) is 0.464. The number of H-pyrrole nitrogens is 1. The summed E-state index contributed by atoms with van der Waals surface area (Å²) in [7, 11) is 0. The number of aliphatic hydroxyl groups excluding tert-OH is 1. The maximum Gasteiger partial charge on any atom is 0.360 e. The lowest BCUT2D eigenvalue weighted by molar-refractivity contribution is 0.0937. The zero-order valence-electron chi connectivity index (χ0n) is 24.6. The Kier molecular flexibility index (Phi) is 7.69. The van der Waals surface area contributed by atoms with Crippen LogP contribution in [0.3, 0.4) is 0 Å². The molecule has 2 amide bonds. The highest BCUT2D eigenvalue weighted by Gasteiger charge is 2.21. The molecule has 4 N–H and O–H groups in total. The summed E-state index contributed by atoms with van der Waals surface area (Å²) in [5, 5.41) is 25.0. The van der Waals surface area contributed by atoms with Crippen molar-refractivity contribution in [3.63, 3.8) is 0 Å². The predicted molar refractivity (Wildman–Crippen MR) is 172 cm³/mol. The third-order valence-electron chi connectivity index (χ3n) is 8.48. The van der Waals surface area contributed by atoms with E-state index in [2.05, 4.69) is 35.7 Å². The van der Waals surface area contributed by atoms with Crippen LogP contribution in [0.15, 0.2) is 101 Å². The second kappa shape index (κ2) is 12.2. The van der Waals surface area contributed by atoms with Crippen molar-refractivity contribution in [3.05, 3.63) is 108 Å². The van der Waals surface area contributed by atoms with Crippen LogP contribution in [0.5, 0.6) is 0 Å². The molecule has 2 aromatic heterocycles. The molecule has 0 radical (unpaired) electrons. The number of amides is 2. The summed E-state index contributed by atoms with van der Waals surface area (Å²) >= 11 is 0. The normalized spacial score (nSPS) is 16.4. The number of benzene rings is 3. The average molecular weight is 602 g/mol. The van der Waals surface area contributed by atoms with Gasteiger partial charge in [0.05, 0.1) is 17.7 Å². The van der Waals surface area contributed by atoms with E-state index >= 15 is 0 Å². The van der Waals surface area contributed by atoms with Gasteiger partial charge in [0.15, 0.2) is 10.8 Å². The third-order valence-corrected chi connectivity index (χ3v) is 8.48. The Morgan fingerprint density at radius 3 is 2.47 bits per heavy atom. The topological polar surface area (TPSA) is 141 Å². The molecule has 0 aliphatic carbocycles. The molecule has 0 saturated carbocycles. The van der Waals surface area contributed by atoms with Crippen molar-refractivity contribution < 1.29 is 14.7 Å². The Morgan fingerprint density at radius 1 is 0.911 bits per heavy atom. The molecule has 1 saturated heterocycles. The molecule has 3 aromatic carbocycles. The van der Waals surface area contributed by atoms with Crippen LogP contribution in [0.2, 0.25) is 0 Å². The molecule has 4 heterocycles. The summed E-state index contributed by atoms with van der Waals surface area (Å²) in [4.78, 5) is 34.6. The number of aliphatic hydroxyl groups is 1. The number of carbonyl (C=O) groups is 2. The summed E-state index contributed by atoms with van der Waals surface area (Å²) in [6, 6.07) is 24.5. The molecule has 1 atom stereocenters. The number of nitrogens with one attached hydrogen (secondary N) is 3. The molecule has 7 rings (SSSR count). The Balaban J connectivity index is 0.983. The molecule has 0 bridgehead atoms. The second-order valence-electron chi connectivity index (χ2n) is 11.5. The number of hydrogen-bond donors (Lipinski definition) is 4. The Bertz CT molecular complexity index is 1910. The maximum atomic E-state index is 12.9. The van der Waals surface area contributed by atoms with Crippen LogP contribution in [-0.2, 0) is 6.42 Å². The van der Waals surface area contributed by atoms with Crippen molar-refractivity contribution in [1.82, 2.24) is 19.8 Å². The Morgan fingerprint density at radius 2 is 1.67 bits per heavy atom. The highest BCUT2D eigenvalue weighted by atomic mass is 16.3. The van der Waals surface area contributed by atoms with Gasteiger partial charge in [-0.1, -0.05) is 0 Å². The van der Waals surface area contributed by atoms with Gasteiger partial charge < -0.3 is 30.2 Å². The van der Waals surface area contributed by atoms with Crippen LogP contribution in [0.25, 0.3) is 16.6 Å². The molecule has 1 unspecified atom stereocenters. The highest BCUT2D eigenvalue weighted by molar-refractivity contribution is 5.95. The van der Waals surface area contributed by atoms with E-state index in [9.17, 15) is 14.7 Å². The number of aromatic nitrogens is 2. The summed E-state index contributed by atoms with van der Waals surface area (Å²) in [6.07, 6.45) is 5.92. The van der Waals surface area contributed by atoms with E-state index in [0.717, 1.165) is 60.4 Å². The minimum absolute atomic E-state index is 0.0271. The number of fused-ring (bicyclic) bond motifs is 2. The highest BCUT2D eigenvalue weighted by Crippen LogP contribution is 2.26. The Hall–Kier alpha value is -5.51. The fraction of sp³-hybridized carbons (Fsp3) is 0.235. The first-order chi connectivity index (χ1) is 22.0. The van der Waals surface area contributed by atoms with Crippen molar-refractivity contribution in [2.24, 2.45) is 10.2 Å². The average Bonchev–Trinajstić information content (AvgIpc) is 3.72. The first kappa shape index (κ1) is 28.3. The number of hydrogen-bond acceptors (Lipinski definition) is 6. The van der Waals surface area contributed by atoms with E-state index in [-0.39, 0.29) is 18.1 Å². The van der Waals surface area contributed by atoms with Gasteiger partial charge in [-0.15, -0.1) is 0 Å². The van der Waals surface area contributed by atoms with E-state index in [4.69, 9.17) is 0 Å². The molecule has 11 nitrogen and oxygen atoms in total. The summed E-state index contributed by atoms with van der Waals surface area (Å²) < 4.78 is 2.04. The van der Waals surface area contributed by atoms with E-state index in [1.54, 1.807) is 12.1 Å². The third kappa shape index (κ3) is 6.12. The van der Waals surface area contributed by atoms with Crippen LogP contribution in [-0.4, -0.2) is 58.3 Å². The summed E-state index contributed by atoms with van der Waals surface area (Å²) in [6.45, 7) is 2.26. The molecule has 11 heteroatoms. The van der Waals surface area contributed by atoms with Crippen molar-refractivity contribution in [2.75, 3.05) is 29.9 Å². The fourth-order valence-corrected chi connectivity index (χ4v) is 5.97. The van der Waals surface area contributed by atoms with E-state index in [1.807, 2.05) is 83.7 Å². The quantitative estimate of drug-likeness (QED) is 0.158. The second-order valence-corrected chi connectivity index (χ2v) is 11.5. The zero-order valence-corrected chi connectivity index (χ0v) is 24.6. The maximum absolute atomic E-state index is 12.9. The van der Waals surface area contributed by atoms with Gasteiger partial charge in [-0.25, -0.2) is 0 Å². The van der Waals surface area contributed by atoms with Gasteiger partial charge >= 0.3 is 5.91 Å². The molecule has 45 heavy (non-hydrogen) atoms. The predicted octanol–water partition coefficient (Wildman–Crippen LogP) is 5.13. The van der Waals surface area contributed by atoms with Crippen LogP contribution in [0.4, 0.5) is 17.2 Å². The molecule has 2 aliphatic rings. The monoisotopic (exact) mass is 601 g/mol. The van der Waals surface area contributed by atoms with Crippen molar-refractivity contribution in [2.45, 2.75) is 31.4 Å². The van der Waals surface area contributed by atoms with Gasteiger partial charge in [-0.2, -0.15) is 0 Å². The van der Waals surface area contributed by atoms with Crippen molar-refractivity contribution in [3.8, 4) is 5.69 Å². The summed E-state index contributed by atoms with van der Waals surface area (Å²) in [5.41, 5.74) is 5.71. The first-order valence-electron chi connectivity index (χ1n) is 15.1. The minimum Gasteiger partial charge on any atom is -0.393 e. The van der Waals surface area contributed by atoms with E-state index in [1.165, 1.54) is 5.56 Å². The number of rotatable bonds is 6. The minimum atomic E-state index is -0.464. The van der Waals surface area contributed by atoms with Crippen LogP contribution < -0.4 is 20.4 Å². The molecule has 2 aliphatic heterocycles. The Labute approximate surface area is 259 Å². The van der Waals surface area contributed by atoms with Gasteiger partial charge in [0.1, 0.15) is 5.82 Å². The molecular weight excluding hydrogens is 568 g/mol. The zero-order chi connectivity index (χ0) is 30.8. The number of carbonyl (C=O) groups excluding carboxylic acids is 2. The lowest BCUT2D eigenvalue weighted by Crippen LogP contribution is -2.43. The molecule has 226 valence electrons. The fourth-order valence-electron chi connectivity index (χ4n) is 5.97. The van der Waals surface area contributed by atoms with Gasteiger partial charge in [-0.05, 0) is 104 Å². The smallest absolute Gasteiger partial charge is 0.360 e. The van der Waals surface area contributed by atoms with Crippen molar-refractivity contribution >= 4 is 39.9 Å². The number of piperidine rings is 1. The van der Waals surface area contributed by atoms with Gasteiger partial charge in [0, 0.05) is 59.9 Å². The molecule has 5 aromatic rings. The first-order valence-corrected chi connectivity index (χ1v) is 15.1. The van der Waals surface area contributed by atoms with Crippen LogP contribution in [0, 0.1) is 0 Å². The van der Waals surface area contributed by atoms with E-state index in [0.29, 0.717) is 23.4 Å². The van der Waals surface area contributed by atoms with Crippen LogP contribution >= 0.6 is 0 Å². The molecule has 0 spiro atoms. The lowest BCUT2D eigenvalue weighted by Gasteiger charge is -2.31. The number of aromatic amines is 1. The SMILES string of the molecule is O=C(N=[N+]=Nc1ccc2c(ccn2-c2ccc(C(=O)NC3CNc4[nH]ccc4C3)cc2)c1)c1ccc(N2CCC(O)CC2)cc1. The van der Waals surface area contributed by atoms with E-state index < -0.39 is 5.91 Å². The van der Waals surface area contributed by atoms with Gasteiger partial charge in [0.2, 0.25) is 10.0 Å². The molecular formula is C34H33N8O3+. The van der Waals surface area contributed by atoms with Crippen LogP contribution in [0.1, 0.15) is 39.1 Å². The van der Waals surface area contributed by atoms with Gasteiger partial charge in [-0.3, -0.25) is 9.59 Å². The van der Waals surface area contributed by atoms with Gasteiger partial charge in [0.25, 0.3) is 5.91 Å². The standard InChI is InChI=1S/C34H32N8O3/c43-30-13-16-41(17-14-30)28-6-1-23(2-7-28)34(45)39-40-38-26-5-10-31-24(19-26)12-18-42(31)29-8-3-22(4-9-29)33(44)37-27-20-25-11-15-35-32(25)36-21-27/h1-12,15,18-19,27,30,43H,13-14,16-17,20-21H2,(H2,37,38,39,44,45)/p+1. The number of nitrogens with zero attached hydrogens (tertiary/aromatic N) is 5. The molecule has 1 fully saturated rings. The lowest BCUT2D eigenvalue weighted by atomic mass is 10.0.